The van der Waals surface area contributed by atoms with Gasteiger partial charge in [-0.15, -0.1) is 11.3 Å². The molecule has 3 aromatic heterocycles. The maximum Gasteiger partial charge on any atom is 0.373 e. The van der Waals surface area contributed by atoms with E-state index in [1.54, 1.807) is 12.1 Å². The summed E-state index contributed by atoms with van der Waals surface area (Å²) in [6, 6.07) is 4.95. The van der Waals surface area contributed by atoms with Crippen molar-refractivity contribution >= 4 is 27.5 Å². The van der Waals surface area contributed by atoms with Crippen molar-refractivity contribution in [3.05, 3.63) is 51.8 Å². The van der Waals surface area contributed by atoms with Crippen LogP contribution in [-0.2, 0) is 11.3 Å². The van der Waals surface area contributed by atoms with Gasteiger partial charge in [-0.1, -0.05) is 0 Å². The molecule has 102 valence electrons. The molecule has 20 heavy (non-hydrogen) atoms. The first-order valence-corrected chi connectivity index (χ1v) is 6.66. The molecule has 0 radical (unpaired) electrons. The summed E-state index contributed by atoms with van der Waals surface area (Å²) in [5.74, 6) is 0.0568. The number of aromatic nitrogens is 2. The summed E-state index contributed by atoms with van der Waals surface area (Å²) in [7, 11) is 1.28. The molecule has 0 aliphatic rings. The third-order valence-corrected chi connectivity index (χ3v) is 3.70. The SMILES string of the molecule is COC(=O)c1ccc(Cn2cnc3ccsc3c2=O)o1. The highest BCUT2D eigenvalue weighted by Gasteiger charge is 2.12. The molecule has 0 bridgehead atoms. The third-order valence-electron chi connectivity index (χ3n) is 2.81. The fourth-order valence-corrected chi connectivity index (χ4v) is 2.63. The van der Waals surface area contributed by atoms with Crippen LogP contribution in [0.25, 0.3) is 10.2 Å². The molecule has 7 heteroatoms. The molecule has 0 N–H and O–H groups in total. The summed E-state index contributed by atoms with van der Waals surface area (Å²) >= 11 is 1.35. The lowest BCUT2D eigenvalue weighted by molar-refractivity contribution is 0.0563. The average Bonchev–Trinajstić information content (AvgIpc) is 3.10. The van der Waals surface area contributed by atoms with Gasteiger partial charge in [0.25, 0.3) is 5.56 Å². The molecule has 0 aliphatic carbocycles. The van der Waals surface area contributed by atoms with Gasteiger partial charge in [-0.2, -0.15) is 0 Å². The Hall–Kier alpha value is -2.41. The van der Waals surface area contributed by atoms with Gasteiger partial charge in [0, 0.05) is 0 Å². The van der Waals surface area contributed by atoms with E-state index in [9.17, 15) is 9.59 Å². The van der Waals surface area contributed by atoms with Crippen LogP contribution in [0, 0.1) is 0 Å². The molecule has 6 nitrogen and oxygen atoms in total. The minimum Gasteiger partial charge on any atom is -0.463 e. The van der Waals surface area contributed by atoms with Gasteiger partial charge in [0.05, 0.1) is 25.5 Å². The standard InChI is InChI=1S/C13H10N2O4S/c1-18-13(17)10-3-2-8(19-10)6-15-7-14-9-4-5-20-11(9)12(15)16/h2-5,7H,6H2,1H3. The molecule has 0 fully saturated rings. The number of furan rings is 1. The zero-order valence-electron chi connectivity index (χ0n) is 10.5. The molecule has 0 aromatic carbocycles. The first kappa shape index (κ1) is 12.6. The van der Waals surface area contributed by atoms with E-state index in [0.717, 1.165) is 0 Å². The Bertz CT molecular complexity index is 830. The van der Waals surface area contributed by atoms with Crippen molar-refractivity contribution in [3.63, 3.8) is 0 Å². The normalized spacial score (nSPS) is 10.8. The van der Waals surface area contributed by atoms with E-state index >= 15 is 0 Å². The maximum absolute atomic E-state index is 12.2. The second-order valence-electron chi connectivity index (χ2n) is 4.07. The van der Waals surface area contributed by atoms with Crippen molar-refractivity contribution in [2.24, 2.45) is 0 Å². The Morgan fingerprint density at radius 1 is 1.45 bits per heavy atom. The Kier molecular flexibility index (Phi) is 3.11. The van der Waals surface area contributed by atoms with Crippen molar-refractivity contribution in [1.29, 1.82) is 0 Å². The highest BCUT2D eigenvalue weighted by atomic mass is 32.1. The Morgan fingerprint density at radius 2 is 2.30 bits per heavy atom. The molecular weight excluding hydrogens is 280 g/mol. The highest BCUT2D eigenvalue weighted by molar-refractivity contribution is 7.17. The largest absolute Gasteiger partial charge is 0.463 e. The van der Waals surface area contributed by atoms with Crippen molar-refractivity contribution in [2.75, 3.05) is 7.11 Å². The van der Waals surface area contributed by atoms with E-state index in [1.807, 2.05) is 5.38 Å². The third kappa shape index (κ3) is 2.12. The van der Waals surface area contributed by atoms with Crippen LogP contribution in [0.15, 0.2) is 39.1 Å². The van der Waals surface area contributed by atoms with Crippen LogP contribution in [0.1, 0.15) is 16.3 Å². The van der Waals surface area contributed by atoms with Crippen LogP contribution < -0.4 is 5.56 Å². The molecule has 0 atom stereocenters. The number of thiophene rings is 1. The second kappa shape index (κ2) is 4.93. The number of ether oxygens (including phenoxy) is 1. The number of carbonyl (C=O) groups is 1. The molecule has 3 heterocycles. The number of nitrogens with zero attached hydrogens (tertiary/aromatic N) is 2. The topological polar surface area (TPSA) is 74.3 Å². The smallest absolute Gasteiger partial charge is 0.373 e. The van der Waals surface area contributed by atoms with E-state index in [1.165, 1.54) is 35.4 Å². The summed E-state index contributed by atoms with van der Waals surface area (Å²) in [5, 5.41) is 1.83. The lowest BCUT2D eigenvalue weighted by atomic mass is 10.4. The lowest BCUT2D eigenvalue weighted by Crippen LogP contribution is -2.19. The number of hydrogen-bond acceptors (Lipinski definition) is 6. The maximum atomic E-state index is 12.2. The zero-order valence-corrected chi connectivity index (χ0v) is 11.3. The summed E-state index contributed by atoms with van der Waals surface area (Å²) in [5.41, 5.74) is 0.562. The quantitative estimate of drug-likeness (QED) is 0.689. The van der Waals surface area contributed by atoms with E-state index in [2.05, 4.69) is 9.72 Å². The van der Waals surface area contributed by atoms with Crippen LogP contribution in [-0.4, -0.2) is 22.6 Å². The molecule has 0 saturated heterocycles. The van der Waals surface area contributed by atoms with Gasteiger partial charge in [-0.3, -0.25) is 9.36 Å². The fourth-order valence-electron chi connectivity index (χ4n) is 1.83. The number of esters is 1. The summed E-state index contributed by atoms with van der Waals surface area (Å²) in [6.45, 7) is 0.219. The first-order valence-electron chi connectivity index (χ1n) is 5.78. The monoisotopic (exact) mass is 290 g/mol. The predicted octanol–water partition coefficient (Wildman–Crippen LogP) is 1.89. The number of carbonyl (C=O) groups excluding carboxylic acids is 1. The van der Waals surface area contributed by atoms with E-state index in [-0.39, 0.29) is 17.9 Å². The van der Waals surface area contributed by atoms with E-state index < -0.39 is 5.97 Å². The molecule has 0 spiro atoms. The van der Waals surface area contributed by atoms with Crippen molar-refractivity contribution < 1.29 is 13.9 Å². The van der Waals surface area contributed by atoms with Gasteiger partial charge in [-0.05, 0) is 23.6 Å². The molecule has 3 aromatic rings. The summed E-state index contributed by atoms with van der Waals surface area (Å²) < 4.78 is 11.9. The second-order valence-corrected chi connectivity index (χ2v) is 4.99. The Labute approximate surface area is 117 Å². The minimum atomic E-state index is -0.546. The van der Waals surface area contributed by atoms with E-state index in [0.29, 0.717) is 16.0 Å². The average molecular weight is 290 g/mol. The molecular formula is C13H10N2O4S. The molecule has 3 rings (SSSR count). The van der Waals surface area contributed by atoms with Gasteiger partial charge in [-0.25, -0.2) is 9.78 Å². The first-order chi connectivity index (χ1) is 9.69. The summed E-state index contributed by atoms with van der Waals surface area (Å²) in [4.78, 5) is 27.7. The van der Waals surface area contributed by atoms with Crippen molar-refractivity contribution in [1.82, 2.24) is 9.55 Å². The Morgan fingerprint density at radius 3 is 3.10 bits per heavy atom. The van der Waals surface area contributed by atoms with Gasteiger partial charge < -0.3 is 9.15 Å². The molecule has 0 amide bonds. The highest BCUT2D eigenvalue weighted by Crippen LogP contribution is 2.14. The zero-order chi connectivity index (χ0) is 14.1. The van der Waals surface area contributed by atoms with Crippen LogP contribution in [0.4, 0.5) is 0 Å². The van der Waals surface area contributed by atoms with Crippen LogP contribution in [0.3, 0.4) is 0 Å². The Balaban J connectivity index is 1.93. The number of methoxy groups -OCH3 is 1. The van der Waals surface area contributed by atoms with Crippen molar-refractivity contribution in [2.45, 2.75) is 6.54 Å². The fraction of sp³-hybridized carbons (Fsp3) is 0.154. The number of rotatable bonds is 3. The van der Waals surface area contributed by atoms with Crippen molar-refractivity contribution in [3.8, 4) is 0 Å². The van der Waals surface area contributed by atoms with Crippen LogP contribution in [0.2, 0.25) is 0 Å². The predicted molar refractivity (Wildman–Crippen MR) is 73.0 cm³/mol. The van der Waals surface area contributed by atoms with E-state index in [4.69, 9.17) is 4.42 Å². The lowest BCUT2D eigenvalue weighted by Gasteiger charge is -2.02. The molecule has 0 aliphatic heterocycles. The van der Waals surface area contributed by atoms with Gasteiger partial charge >= 0.3 is 5.97 Å². The van der Waals surface area contributed by atoms with Crippen LogP contribution >= 0.6 is 11.3 Å². The number of fused-ring (bicyclic) bond motifs is 1. The summed E-state index contributed by atoms with van der Waals surface area (Å²) in [6.07, 6.45) is 1.47. The molecule has 0 unspecified atom stereocenters. The molecule has 0 saturated carbocycles. The van der Waals surface area contributed by atoms with Gasteiger partial charge in [0.15, 0.2) is 0 Å². The number of hydrogen-bond donors (Lipinski definition) is 0. The van der Waals surface area contributed by atoms with Crippen LogP contribution in [0.5, 0.6) is 0 Å². The van der Waals surface area contributed by atoms with Gasteiger partial charge in [0.2, 0.25) is 5.76 Å². The van der Waals surface area contributed by atoms with Gasteiger partial charge in [0.1, 0.15) is 10.5 Å². The minimum absolute atomic E-state index is 0.112.